The lowest BCUT2D eigenvalue weighted by atomic mass is 10.1. The Labute approximate surface area is 84.0 Å². The van der Waals surface area contributed by atoms with Gasteiger partial charge in [-0.2, -0.15) is 0 Å². The van der Waals surface area contributed by atoms with Gasteiger partial charge in [-0.1, -0.05) is 43.7 Å². The highest BCUT2D eigenvalue weighted by Crippen LogP contribution is 2.20. The van der Waals surface area contributed by atoms with E-state index >= 15 is 0 Å². The van der Waals surface area contributed by atoms with Gasteiger partial charge >= 0.3 is 0 Å². The molecule has 0 fully saturated rings. The van der Waals surface area contributed by atoms with Gasteiger partial charge in [-0.3, -0.25) is 0 Å². The highest BCUT2D eigenvalue weighted by molar-refractivity contribution is 5.61. The van der Waals surface area contributed by atoms with Crippen LogP contribution in [0.15, 0.2) is 36.7 Å². The summed E-state index contributed by atoms with van der Waals surface area (Å²) >= 11 is 0. The molecule has 0 bridgehead atoms. The average Bonchev–Trinajstić information content (AvgIpc) is 2.68. The Hall–Kier alpha value is -1.57. The largest absolute Gasteiger partial charge is 0.348 e. The van der Waals surface area contributed by atoms with Crippen molar-refractivity contribution < 1.29 is 0 Å². The van der Waals surface area contributed by atoms with Crippen molar-refractivity contribution in [3.8, 4) is 11.3 Å². The van der Waals surface area contributed by atoms with Gasteiger partial charge < -0.3 is 4.98 Å². The van der Waals surface area contributed by atoms with E-state index in [1.54, 1.807) is 6.33 Å². The van der Waals surface area contributed by atoms with Crippen LogP contribution < -0.4 is 0 Å². The minimum absolute atomic E-state index is 1.06. The summed E-state index contributed by atoms with van der Waals surface area (Å²) in [7, 11) is 0. The van der Waals surface area contributed by atoms with Crippen LogP contribution in [0.25, 0.3) is 11.3 Å². The molecule has 1 aromatic carbocycles. The Kier molecular flexibility index (Phi) is 2.63. The lowest BCUT2D eigenvalue weighted by Crippen LogP contribution is -1.87. The van der Waals surface area contributed by atoms with Crippen molar-refractivity contribution in [1.29, 1.82) is 0 Å². The molecule has 0 spiro atoms. The fourth-order valence-electron chi connectivity index (χ4n) is 1.61. The topological polar surface area (TPSA) is 28.7 Å². The second-order valence-corrected chi connectivity index (χ2v) is 3.35. The molecule has 14 heavy (non-hydrogen) atoms. The van der Waals surface area contributed by atoms with E-state index in [1.165, 1.54) is 11.3 Å². The molecular formula is C12H14N2. The van der Waals surface area contributed by atoms with Gasteiger partial charge in [-0.05, 0) is 6.42 Å². The number of nitrogens with zero attached hydrogens (tertiary/aromatic N) is 1. The highest BCUT2D eigenvalue weighted by Gasteiger charge is 2.05. The molecule has 0 aliphatic rings. The predicted octanol–water partition coefficient (Wildman–Crippen LogP) is 3.03. The van der Waals surface area contributed by atoms with Gasteiger partial charge in [0.1, 0.15) is 0 Å². The standard InChI is InChI=1S/C12H14N2/c1-2-6-11-12(14-9-13-11)10-7-4-3-5-8-10/h3-5,7-9H,2,6H2,1H3,(H,13,14). The molecule has 0 atom stereocenters. The second-order valence-electron chi connectivity index (χ2n) is 3.35. The summed E-state index contributed by atoms with van der Waals surface area (Å²) in [4.78, 5) is 7.54. The molecule has 2 heteroatoms. The molecular weight excluding hydrogens is 172 g/mol. The maximum Gasteiger partial charge on any atom is 0.0929 e. The van der Waals surface area contributed by atoms with E-state index in [-0.39, 0.29) is 0 Å². The van der Waals surface area contributed by atoms with Crippen molar-refractivity contribution in [2.24, 2.45) is 0 Å². The number of benzene rings is 1. The lowest BCUT2D eigenvalue weighted by Gasteiger charge is -2.00. The van der Waals surface area contributed by atoms with Crippen LogP contribution in [-0.4, -0.2) is 9.97 Å². The van der Waals surface area contributed by atoms with Gasteiger partial charge in [0.05, 0.1) is 12.0 Å². The zero-order chi connectivity index (χ0) is 9.80. The molecule has 0 saturated heterocycles. The van der Waals surface area contributed by atoms with Crippen LogP contribution in [0.5, 0.6) is 0 Å². The number of aromatic amines is 1. The van der Waals surface area contributed by atoms with Gasteiger partial charge in [0.25, 0.3) is 0 Å². The zero-order valence-corrected chi connectivity index (χ0v) is 8.33. The fourth-order valence-corrected chi connectivity index (χ4v) is 1.61. The van der Waals surface area contributed by atoms with Gasteiger partial charge in [0.2, 0.25) is 0 Å². The van der Waals surface area contributed by atoms with Crippen molar-refractivity contribution >= 4 is 0 Å². The van der Waals surface area contributed by atoms with Gasteiger partial charge in [-0.25, -0.2) is 4.98 Å². The van der Waals surface area contributed by atoms with Crippen LogP contribution in [0.2, 0.25) is 0 Å². The average molecular weight is 186 g/mol. The Bertz CT molecular complexity index is 390. The molecule has 0 radical (unpaired) electrons. The van der Waals surface area contributed by atoms with Crippen molar-refractivity contribution in [2.75, 3.05) is 0 Å². The lowest BCUT2D eigenvalue weighted by molar-refractivity contribution is 0.894. The number of rotatable bonds is 3. The summed E-state index contributed by atoms with van der Waals surface area (Å²) in [6.45, 7) is 2.18. The number of H-pyrrole nitrogens is 1. The van der Waals surface area contributed by atoms with Gasteiger partial charge in [0, 0.05) is 11.3 Å². The summed E-state index contributed by atoms with van der Waals surface area (Å²) in [5.41, 5.74) is 3.52. The maximum absolute atomic E-state index is 4.35. The summed E-state index contributed by atoms with van der Waals surface area (Å²) in [6.07, 6.45) is 3.97. The van der Waals surface area contributed by atoms with E-state index in [4.69, 9.17) is 0 Å². The van der Waals surface area contributed by atoms with Gasteiger partial charge in [-0.15, -0.1) is 0 Å². The van der Waals surface area contributed by atoms with Crippen LogP contribution in [-0.2, 0) is 6.42 Å². The fraction of sp³-hybridized carbons (Fsp3) is 0.250. The van der Waals surface area contributed by atoms with E-state index in [0.29, 0.717) is 0 Å². The normalized spacial score (nSPS) is 10.4. The Morgan fingerprint density at radius 2 is 2.00 bits per heavy atom. The molecule has 2 rings (SSSR count). The molecule has 0 aliphatic heterocycles. The van der Waals surface area contributed by atoms with Crippen LogP contribution in [0.4, 0.5) is 0 Å². The highest BCUT2D eigenvalue weighted by atomic mass is 14.9. The second kappa shape index (κ2) is 4.09. The summed E-state index contributed by atoms with van der Waals surface area (Å²) in [5.74, 6) is 0. The predicted molar refractivity (Wildman–Crippen MR) is 58.0 cm³/mol. The molecule has 0 saturated carbocycles. The molecule has 2 nitrogen and oxygen atoms in total. The van der Waals surface area contributed by atoms with E-state index in [9.17, 15) is 0 Å². The molecule has 0 aliphatic carbocycles. The van der Waals surface area contributed by atoms with Crippen molar-refractivity contribution in [1.82, 2.24) is 9.97 Å². The minimum atomic E-state index is 1.06. The summed E-state index contributed by atoms with van der Waals surface area (Å²) < 4.78 is 0. The Morgan fingerprint density at radius 3 is 2.71 bits per heavy atom. The Morgan fingerprint density at radius 1 is 1.21 bits per heavy atom. The van der Waals surface area contributed by atoms with Gasteiger partial charge in [0.15, 0.2) is 0 Å². The molecule has 2 aromatic rings. The minimum Gasteiger partial charge on any atom is -0.348 e. The number of nitrogens with one attached hydrogen (secondary N) is 1. The van der Waals surface area contributed by atoms with E-state index in [2.05, 4.69) is 29.0 Å². The number of hydrogen-bond donors (Lipinski definition) is 1. The SMILES string of the molecule is CCCc1[nH]cnc1-c1ccccc1. The number of hydrogen-bond acceptors (Lipinski definition) is 1. The maximum atomic E-state index is 4.35. The first-order valence-electron chi connectivity index (χ1n) is 4.99. The third-order valence-electron chi connectivity index (χ3n) is 2.27. The van der Waals surface area contributed by atoms with E-state index in [0.717, 1.165) is 18.5 Å². The Balaban J connectivity index is 2.37. The van der Waals surface area contributed by atoms with Crippen LogP contribution in [0.3, 0.4) is 0 Å². The van der Waals surface area contributed by atoms with Crippen LogP contribution in [0.1, 0.15) is 19.0 Å². The summed E-state index contributed by atoms with van der Waals surface area (Å²) in [6, 6.07) is 10.3. The molecule has 1 aromatic heterocycles. The van der Waals surface area contributed by atoms with Crippen LogP contribution >= 0.6 is 0 Å². The van der Waals surface area contributed by atoms with Crippen molar-refractivity contribution in [2.45, 2.75) is 19.8 Å². The molecule has 1 heterocycles. The van der Waals surface area contributed by atoms with Crippen molar-refractivity contribution in [3.63, 3.8) is 0 Å². The molecule has 72 valence electrons. The monoisotopic (exact) mass is 186 g/mol. The smallest absolute Gasteiger partial charge is 0.0929 e. The quantitative estimate of drug-likeness (QED) is 0.784. The first-order chi connectivity index (χ1) is 6.92. The zero-order valence-electron chi connectivity index (χ0n) is 8.33. The number of imidazole rings is 1. The van der Waals surface area contributed by atoms with Crippen LogP contribution in [0, 0.1) is 0 Å². The van der Waals surface area contributed by atoms with E-state index < -0.39 is 0 Å². The molecule has 0 amide bonds. The first-order valence-corrected chi connectivity index (χ1v) is 4.99. The van der Waals surface area contributed by atoms with E-state index in [1.807, 2.05) is 18.2 Å². The molecule has 0 unspecified atom stereocenters. The third-order valence-corrected chi connectivity index (χ3v) is 2.27. The number of aromatic nitrogens is 2. The van der Waals surface area contributed by atoms with Crippen molar-refractivity contribution in [3.05, 3.63) is 42.4 Å². The molecule has 1 N–H and O–H groups in total. The number of aryl methyl sites for hydroxylation is 1. The first kappa shape index (κ1) is 9.00. The third kappa shape index (κ3) is 1.69. The summed E-state index contributed by atoms with van der Waals surface area (Å²) in [5, 5.41) is 0.